The third-order valence-electron chi connectivity index (χ3n) is 4.93. The highest BCUT2D eigenvalue weighted by Gasteiger charge is 2.43. The van der Waals surface area contributed by atoms with Gasteiger partial charge in [-0.25, -0.2) is 0 Å². The van der Waals surface area contributed by atoms with E-state index >= 15 is 0 Å². The molecule has 118 valence electrons. The van der Waals surface area contributed by atoms with Gasteiger partial charge in [-0.05, 0) is 37.0 Å². The molecule has 2 aromatic rings. The second-order valence-corrected chi connectivity index (χ2v) is 6.53. The molecule has 1 aliphatic heterocycles. The van der Waals surface area contributed by atoms with E-state index in [0.717, 1.165) is 42.9 Å². The van der Waals surface area contributed by atoms with Crippen LogP contribution in [-0.4, -0.2) is 5.54 Å². The van der Waals surface area contributed by atoms with Gasteiger partial charge in [0.25, 0.3) is 0 Å². The van der Waals surface area contributed by atoms with Crippen molar-refractivity contribution in [1.29, 1.82) is 0 Å². The van der Waals surface area contributed by atoms with Crippen molar-refractivity contribution in [3.05, 3.63) is 72.2 Å². The number of para-hydroxylation sites is 2. The van der Waals surface area contributed by atoms with E-state index in [0.29, 0.717) is 0 Å². The molecule has 2 aromatic carbocycles. The normalized spacial score (nSPS) is 26.0. The fraction of sp³-hybridized carbons (Fsp3) is 0.300. The van der Waals surface area contributed by atoms with Crippen molar-refractivity contribution in [2.45, 2.75) is 31.2 Å². The molecule has 2 unspecified atom stereocenters. The van der Waals surface area contributed by atoms with Gasteiger partial charge in [0.05, 0.1) is 0 Å². The van der Waals surface area contributed by atoms with E-state index < -0.39 is 0 Å². The Labute approximate surface area is 136 Å². The molecule has 2 N–H and O–H groups in total. The van der Waals surface area contributed by atoms with Crippen LogP contribution in [0.3, 0.4) is 0 Å². The smallest absolute Gasteiger partial charge is 0.169 e. The highest BCUT2D eigenvalue weighted by molar-refractivity contribution is 5.43. The maximum absolute atomic E-state index is 6.81. The van der Waals surface area contributed by atoms with Gasteiger partial charge in [0.1, 0.15) is 12.0 Å². The van der Waals surface area contributed by atoms with E-state index in [-0.39, 0.29) is 11.5 Å². The van der Waals surface area contributed by atoms with Crippen LogP contribution in [0.15, 0.2) is 66.6 Å². The first-order valence-electron chi connectivity index (χ1n) is 8.21. The Bertz CT molecular complexity index is 725. The Kier molecular flexibility index (Phi) is 3.58. The summed E-state index contributed by atoms with van der Waals surface area (Å²) in [5.74, 6) is 2.59. The molecule has 0 spiro atoms. The number of hydrogen-bond acceptors (Lipinski definition) is 3. The third-order valence-corrected chi connectivity index (χ3v) is 4.93. The summed E-state index contributed by atoms with van der Waals surface area (Å²) >= 11 is 0. The fourth-order valence-corrected chi connectivity index (χ4v) is 3.77. The van der Waals surface area contributed by atoms with Gasteiger partial charge in [0, 0.05) is 11.5 Å². The van der Waals surface area contributed by atoms with Crippen molar-refractivity contribution in [3.8, 4) is 11.5 Å². The predicted molar refractivity (Wildman–Crippen MR) is 90.2 cm³/mol. The summed E-state index contributed by atoms with van der Waals surface area (Å²) in [5, 5.41) is 0. The van der Waals surface area contributed by atoms with Crippen LogP contribution in [0.4, 0.5) is 0 Å². The van der Waals surface area contributed by atoms with Crippen LogP contribution >= 0.6 is 0 Å². The van der Waals surface area contributed by atoms with Gasteiger partial charge in [-0.3, -0.25) is 0 Å². The van der Waals surface area contributed by atoms with Crippen LogP contribution < -0.4 is 15.2 Å². The lowest BCUT2D eigenvalue weighted by molar-refractivity contribution is 0.229. The molecule has 0 amide bonds. The summed E-state index contributed by atoms with van der Waals surface area (Å²) in [4.78, 5) is 0. The van der Waals surface area contributed by atoms with Crippen molar-refractivity contribution in [2.24, 2.45) is 11.7 Å². The van der Waals surface area contributed by atoms with Gasteiger partial charge in [-0.15, -0.1) is 0 Å². The minimum atomic E-state index is -0.275. The number of rotatable bonds is 3. The number of ether oxygens (including phenoxy) is 2. The van der Waals surface area contributed by atoms with Gasteiger partial charge >= 0.3 is 0 Å². The first-order chi connectivity index (χ1) is 11.2. The van der Waals surface area contributed by atoms with Gasteiger partial charge in [-0.2, -0.15) is 0 Å². The van der Waals surface area contributed by atoms with E-state index in [1.807, 2.05) is 30.3 Å². The summed E-state index contributed by atoms with van der Waals surface area (Å²) in [7, 11) is 0. The maximum Gasteiger partial charge on any atom is 0.169 e. The topological polar surface area (TPSA) is 44.5 Å². The van der Waals surface area contributed by atoms with Crippen molar-refractivity contribution >= 4 is 0 Å². The highest BCUT2D eigenvalue weighted by Crippen LogP contribution is 2.44. The number of benzene rings is 2. The Hall–Kier alpha value is -2.26. The van der Waals surface area contributed by atoms with Gasteiger partial charge in [0.2, 0.25) is 0 Å². The van der Waals surface area contributed by atoms with Crippen LogP contribution in [0.1, 0.15) is 24.8 Å². The summed E-state index contributed by atoms with van der Waals surface area (Å²) in [6.45, 7) is 0. The van der Waals surface area contributed by atoms with E-state index in [1.54, 1.807) is 6.26 Å². The Morgan fingerprint density at radius 3 is 2.57 bits per heavy atom. The number of fused-ring (bicyclic) bond motifs is 1. The van der Waals surface area contributed by atoms with Crippen LogP contribution in [0, 0.1) is 5.92 Å². The lowest BCUT2D eigenvalue weighted by Crippen LogP contribution is -2.47. The SMILES string of the molecule is NC1(Cc2ccccc2)CCCC1C1=COc2ccccc2O1. The quantitative estimate of drug-likeness (QED) is 0.930. The molecule has 2 aliphatic rings. The Morgan fingerprint density at radius 2 is 1.74 bits per heavy atom. The minimum Gasteiger partial charge on any atom is -0.458 e. The molecule has 3 nitrogen and oxygen atoms in total. The van der Waals surface area contributed by atoms with E-state index in [9.17, 15) is 0 Å². The zero-order valence-electron chi connectivity index (χ0n) is 13.1. The maximum atomic E-state index is 6.81. The van der Waals surface area contributed by atoms with Crippen LogP contribution in [-0.2, 0) is 6.42 Å². The first-order valence-corrected chi connectivity index (χ1v) is 8.21. The zero-order chi connectivity index (χ0) is 15.7. The van der Waals surface area contributed by atoms with Gasteiger partial charge in [-0.1, -0.05) is 48.9 Å². The largest absolute Gasteiger partial charge is 0.458 e. The number of hydrogen-bond donors (Lipinski definition) is 1. The molecule has 1 fully saturated rings. The molecule has 1 aliphatic carbocycles. The van der Waals surface area contributed by atoms with Crippen molar-refractivity contribution in [2.75, 3.05) is 0 Å². The Morgan fingerprint density at radius 1 is 1.00 bits per heavy atom. The average molecular weight is 307 g/mol. The standard InChI is InChI=1S/C20H21NO2/c21-20(13-15-7-2-1-3-8-15)12-6-9-16(20)19-14-22-17-10-4-5-11-18(17)23-19/h1-5,7-8,10-11,14,16H,6,9,12-13,21H2. The van der Waals surface area contributed by atoms with Crippen LogP contribution in [0.25, 0.3) is 0 Å². The molecular formula is C20H21NO2. The summed E-state index contributed by atoms with van der Waals surface area (Å²) in [6.07, 6.45) is 5.78. The van der Waals surface area contributed by atoms with E-state index in [1.165, 1.54) is 5.56 Å². The molecule has 4 rings (SSSR count). The molecule has 0 saturated heterocycles. The zero-order valence-corrected chi connectivity index (χ0v) is 13.1. The summed E-state index contributed by atoms with van der Waals surface area (Å²) in [6, 6.07) is 18.2. The van der Waals surface area contributed by atoms with E-state index in [2.05, 4.69) is 24.3 Å². The predicted octanol–water partition coefficient (Wildman–Crippen LogP) is 4.04. The lowest BCUT2D eigenvalue weighted by atomic mass is 9.81. The molecular weight excluding hydrogens is 286 g/mol. The molecule has 2 atom stereocenters. The average Bonchev–Trinajstić information content (AvgIpc) is 2.96. The lowest BCUT2D eigenvalue weighted by Gasteiger charge is -2.34. The van der Waals surface area contributed by atoms with E-state index in [4.69, 9.17) is 15.2 Å². The molecule has 0 aromatic heterocycles. The number of nitrogens with two attached hydrogens (primary N) is 1. The second-order valence-electron chi connectivity index (χ2n) is 6.53. The monoisotopic (exact) mass is 307 g/mol. The molecule has 1 saturated carbocycles. The van der Waals surface area contributed by atoms with Crippen molar-refractivity contribution in [1.82, 2.24) is 0 Å². The highest BCUT2D eigenvalue weighted by atomic mass is 16.6. The van der Waals surface area contributed by atoms with Crippen LogP contribution in [0.2, 0.25) is 0 Å². The summed E-state index contributed by atoms with van der Waals surface area (Å²) < 4.78 is 11.9. The first kappa shape index (κ1) is 14.3. The molecule has 23 heavy (non-hydrogen) atoms. The molecule has 3 heteroatoms. The molecule has 1 heterocycles. The van der Waals surface area contributed by atoms with Crippen molar-refractivity contribution in [3.63, 3.8) is 0 Å². The Balaban J connectivity index is 1.57. The fourth-order valence-electron chi connectivity index (χ4n) is 3.77. The minimum absolute atomic E-state index is 0.191. The van der Waals surface area contributed by atoms with Gasteiger partial charge in [0.15, 0.2) is 11.5 Å². The second kappa shape index (κ2) is 5.74. The van der Waals surface area contributed by atoms with Crippen molar-refractivity contribution < 1.29 is 9.47 Å². The van der Waals surface area contributed by atoms with Gasteiger partial charge < -0.3 is 15.2 Å². The molecule has 0 radical (unpaired) electrons. The third kappa shape index (κ3) is 2.73. The summed E-state index contributed by atoms with van der Waals surface area (Å²) in [5.41, 5.74) is 7.81. The molecule has 0 bridgehead atoms. The van der Waals surface area contributed by atoms with Crippen LogP contribution in [0.5, 0.6) is 11.5 Å².